The van der Waals surface area contributed by atoms with E-state index in [4.69, 9.17) is 0 Å². The molecule has 3 aromatic rings. The fourth-order valence-electron chi connectivity index (χ4n) is 3.31. The maximum absolute atomic E-state index is 12.7. The van der Waals surface area contributed by atoms with E-state index in [1.807, 2.05) is 0 Å². The van der Waals surface area contributed by atoms with Crippen LogP contribution in [0.2, 0.25) is 0 Å². The summed E-state index contributed by atoms with van der Waals surface area (Å²) in [4.78, 5) is 13.4. The molecule has 1 aromatic heterocycles. The van der Waals surface area contributed by atoms with E-state index in [-0.39, 0.29) is 22.2 Å². The number of azo groups is 1. The van der Waals surface area contributed by atoms with Crippen molar-refractivity contribution < 1.29 is 18.4 Å². The first kappa shape index (κ1) is 20.4. The third kappa shape index (κ3) is 3.68. The summed E-state index contributed by atoms with van der Waals surface area (Å²) in [5.74, 6) is -0.234. The van der Waals surface area contributed by atoms with Crippen LogP contribution in [0.5, 0.6) is 5.88 Å². The molecule has 1 aliphatic rings. The Kier molecular flexibility index (Phi) is 5.30. The Hall–Kier alpha value is -2.83. The van der Waals surface area contributed by atoms with Crippen LogP contribution in [0.3, 0.4) is 0 Å². The van der Waals surface area contributed by atoms with E-state index in [1.165, 1.54) is 16.4 Å². The van der Waals surface area contributed by atoms with Gasteiger partial charge in [0.05, 0.1) is 15.3 Å². The van der Waals surface area contributed by atoms with Crippen LogP contribution in [-0.2, 0) is 10.0 Å². The van der Waals surface area contributed by atoms with Gasteiger partial charge >= 0.3 is 0 Å². The molecule has 156 valence electrons. The number of halogens is 1. The van der Waals surface area contributed by atoms with Crippen LogP contribution in [0, 0.1) is 10.1 Å². The van der Waals surface area contributed by atoms with E-state index in [0.29, 0.717) is 24.0 Å². The van der Waals surface area contributed by atoms with Crippen molar-refractivity contribution in [1.82, 2.24) is 9.29 Å². The number of H-pyrrole nitrogens is 1. The van der Waals surface area contributed by atoms with Gasteiger partial charge in [-0.15, -0.1) is 10.2 Å². The standard InChI is InChI=1S/C18H16BrN5O5S/c19-11-3-5-14-13(9-11)17(18(25)20-14)22-21-15-6-4-12(10-16(15)24(26)27)30(28,29)23-7-1-2-8-23/h3-6,9-10,20,25H,1-2,7-8H2. The second-order valence-electron chi connectivity index (χ2n) is 6.73. The van der Waals surface area contributed by atoms with Crippen molar-refractivity contribution in [3.05, 3.63) is 51.0 Å². The fourth-order valence-corrected chi connectivity index (χ4v) is 5.21. The maximum atomic E-state index is 12.7. The number of sulfonamides is 1. The van der Waals surface area contributed by atoms with Crippen molar-refractivity contribution >= 4 is 53.9 Å². The Bertz CT molecular complexity index is 1280. The number of hydrogen-bond acceptors (Lipinski definition) is 7. The zero-order chi connectivity index (χ0) is 21.5. The van der Waals surface area contributed by atoms with Crippen LogP contribution in [0.1, 0.15) is 12.8 Å². The van der Waals surface area contributed by atoms with Gasteiger partial charge in [-0.05, 0) is 43.2 Å². The summed E-state index contributed by atoms with van der Waals surface area (Å²) in [5.41, 5.74) is 0.129. The predicted molar refractivity (Wildman–Crippen MR) is 113 cm³/mol. The van der Waals surface area contributed by atoms with Crippen molar-refractivity contribution in [3.63, 3.8) is 0 Å². The molecule has 0 spiro atoms. The van der Waals surface area contributed by atoms with E-state index >= 15 is 0 Å². The smallest absolute Gasteiger partial charge is 0.298 e. The van der Waals surface area contributed by atoms with Crippen molar-refractivity contribution in [1.29, 1.82) is 0 Å². The molecule has 0 atom stereocenters. The van der Waals surface area contributed by atoms with E-state index in [1.54, 1.807) is 18.2 Å². The minimum Gasteiger partial charge on any atom is -0.493 e. The largest absolute Gasteiger partial charge is 0.493 e. The number of nitrogens with zero attached hydrogens (tertiary/aromatic N) is 4. The van der Waals surface area contributed by atoms with Gasteiger partial charge in [-0.3, -0.25) is 10.1 Å². The number of nitro groups is 1. The Balaban J connectivity index is 1.74. The lowest BCUT2D eigenvalue weighted by Crippen LogP contribution is -2.27. The summed E-state index contributed by atoms with van der Waals surface area (Å²) in [6.45, 7) is 0.792. The van der Waals surface area contributed by atoms with Crippen LogP contribution >= 0.6 is 15.9 Å². The van der Waals surface area contributed by atoms with Gasteiger partial charge in [0, 0.05) is 29.0 Å². The number of rotatable bonds is 5. The van der Waals surface area contributed by atoms with Crippen LogP contribution < -0.4 is 0 Å². The highest BCUT2D eigenvalue weighted by atomic mass is 79.9. The number of aromatic amines is 1. The number of aromatic nitrogens is 1. The lowest BCUT2D eigenvalue weighted by atomic mass is 10.2. The molecule has 0 bridgehead atoms. The van der Waals surface area contributed by atoms with Crippen LogP contribution in [0.15, 0.2) is 56.0 Å². The SMILES string of the molecule is O=[N+]([O-])c1cc(S(=O)(=O)N2CCCC2)ccc1N=Nc1c(O)[nH]c2ccc(Br)cc12. The van der Waals surface area contributed by atoms with E-state index < -0.39 is 20.6 Å². The average molecular weight is 494 g/mol. The zero-order valence-electron chi connectivity index (χ0n) is 15.4. The molecule has 2 N–H and O–H groups in total. The molecular formula is C18H16BrN5O5S. The molecule has 2 heterocycles. The third-order valence-corrected chi connectivity index (χ3v) is 7.21. The summed E-state index contributed by atoms with van der Waals surface area (Å²) in [6, 6.07) is 8.75. The van der Waals surface area contributed by atoms with Crippen molar-refractivity contribution in [2.45, 2.75) is 17.7 Å². The molecular weight excluding hydrogens is 478 g/mol. The van der Waals surface area contributed by atoms with Gasteiger partial charge in [-0.25, -0.2) is 8.42 Å². The molecule has 1 aliphatic heterocycles. The third-order valence-electron chi connectivity index (χ3n) is 4.82. The first-order valence-corrected chi connectivity index (χ1v) is 11.2. The molecule has 1 saturated heterocycles. The molecule has 0 unspecified atom stereocenters. The lowest BCUT2D eigenvalue weighted by molar-refractivity contribution is -0.384. The van der Waals surface area contributed by atoms with Gasteiger partial charge in [0.1, 0.15) is 0 Å². The highest BCUT2D eigenvalue weighted by molar-refractivity contribution is 9.10. The summed E-state index contributed by atoms with van der Waals surface area (Å²) < 4.78 is 27.5. The number of nitro benzene ring substituents is 1. The number of benzene rings is 2. The number of fused-ring (bicyclic) bond motifs is 1. The molecule has 0 aliphatic carbocycles. The summed E-state index contributed by atoms with van der Waals surface area (Å²) in [7, 11) is -3.80. The first-order valence-electron chi connectivity index (χ1n) is 8.98. The van der Waals surface area contributed by atoms with Gasteiger partial charge < -0.3 is 10.1 Å². The quantitative estimate of drug-likeness (QED) is 0.299. The highest BCUT2D eigenvalue weighted by Gasteiger charge is 2.29. The summed E-state index contributed by atoms with van der Waals surface area (Å²) >= 11 is 3.34. The van der Waals surface area contributed by atoms with Gasteiger partial charge in [-0.1, -0.05) is 15.9 Å². The van der Waals surface area contributed by atoms with Gasteiger partial charge in [-0.2, -0.15) is 4.31 Å². The molecule has 10 nitrogen and oxygen atoms in total. The summed E-state index contributed by atoms with van der Waals surface area (Å²) in [5, 5.41) is 30.1. The van der Waals surface area contributed by atoms with E-state index in [2.05, 4.69) is 31.1 Å². The molecule has 0 saturated carbocycles. The minimum atomic E-state index is -3.80. The maximum Gasteiger partial charge on any atom is 0.298 e. The normalized spacial score (nSPS) is 15.4. The Labute approximate surface area is 179 Å². The molecule has 0 amide bonds. The summed E-state index contributed by atoms with van der Waals surface area (Å²) in [6.07, 6.45) is 1.52. The fraction of sp³-hybridized carbons (Fsp3) is 0.222. The molecule has 12 heteroatoms. The van der Waals surface area contributed by atoms with Gasteiger partial charge in [0.15, 0.2) is 11.4 Å². The number of hydrogen-bond donors (Lipinski definition) is 2. The monoisotopic (exact) mass is 493 g/mol. The highest BCUT2D eigenvalue weighted by Crippen LogP contribution is 2.39. The topological polar surface area (TPSA) is 141 Å². The average Bonchev–Trinajstić information content (AvgIpc) is 3.34. The molecule has 4 rings (SSSR count). The predicted octanol–water partition coefficient (Wildman–Crippen LogP) is 4.74. The molecule has 0 radical (unpaired) electrons. The molecule has 1 fully saturated rings. The van der Waals surface area contributed by atoms with Crippen LogP contribution in [0.25, 0.3) is 10.9 Å². The van der Waals surface area contributed by atoms with Gasteiger partial charge in [0.2, 0.25) is 15.9 Å². The number of aromatic hydroxyl groups is 1. The van der Waals surface area contributed by atoms with Crippen LogP contribution in [-0.4, -0.2) is 40.8 Å². The van der Waals surface area contributed by atoms with E-state index in [0.717, 1.165) is 23.4 Å². The molecule has 2 aromatic carbocycles. The lowest BCUT2D eigenvalue weighted by Gasteiger charge is -2.15. The second-order valence-corrected chi connectivity index (χ2v) is 9.58. The minimum absolute atomic E-state index is 0.120. The van der Waals surface area contributed by atoms with Gasteiger partial charge in [0.25, 0.3) is 5.69 Å². The second kappa shape index (κ2) is 7.78. The first-order chi connectivity index (χ1) is 14.3. The van der Waals surface area contributed by atoms with Crippen molar-refractivity contribution in [3.8, 4) is 5.88 Å². The van der Waals surface area contributed by atoms with Crippen LogP contribution in [0.4, 0.5) is 17.1 Å². The van der Waals surface area contributed by atoms with Crippen molar-refractivity contribution in [2.75, 3.05) is 13.1 Å². The number of nitrogens with one attached hydrogen (secondary N) is 1. The Morgan fingerprint density at radius 2 is 1.87 bits per heavy atom. The Morgan fingerprint density at radius 3 is 2.57 bits per heavy atom. The van der Waals surface area contributed by atoms with E-state index in [9.17, 15) is 23.6 Å². The Morgan fingerprint density at radius 1 is 1.13 bits per heavy atom. The molecule has 30 heavy (non-hydrogen) atoms. The van der Waals surface area contributed by atoms with Crippen molar-refractivity contribution in [2.24, 2.45) is 10.2 Å². The zero-order valence-corrected chi connectivity index (χ0v) is 17.9.